The summed E-state index contributed by atoms with van der Waals surface area (Å²) in [6.45, 7) is 0. The number of oxazole rings is 1. The second kappa shape index (κ2) is 4.03. The summed E-state index contributed by atoms with van der Waals surface area (Å²) < 4.78 is 6.64. The molecule has 0 bridgehead atoms. The van der Waals surface area contributed by atoms with Gasteiger partial charge in [0.05, 0.1) is 0 Å². The minimum absolute atomic E-state index is 0.516. The van der Waals surface area contributed by atoms with Crippen LogP contribution in [0.5, 0.6) is 0 Å². The molecule has 1 heterocycles. The highest BCUT2D eigenvalue weighted by Crippen LogP contribution is 2.28. The third kappa shape index (κ3) is 1.93. The van der Waals surface area contributed by atoms with E-state index in [4.69, 9.17) is 15.9 Å². The molecule has 2 aromatic carbocycles. The Labute approximate surface area is 112 Å². The van der Waals surface area contributed by atoms with Crippen molar-refractivity contribution in [1.82, 2.24) is 4.98 Å². The maximum Gasteiger partial charge on any atom is 0.227 e. The second-order valence-corrected chi connectivity index (χ2v) is 4.94. The topological polar surface area (TPSA) is 78.1 Å². The van der Waals surface area contributed by atoms with Gasteiger partial charge >= 0.3 is 0 Å². The number of hydrogen-bond acceptors (Lipinski definition) is 4. The van der Waals surface area contributed by atoms with E-state index >= 15 is 0 Å². The second-order valence-electron chi connectivity index (χ2n) is 4.02. The summed E-state index contributed by atoms with van der Waals surface area (Å²) in [5.74, 6) is 0.516. The van der Waals surface area contributed by atoms with Gasteiger partial charge in [-0.05, 0) is 36.4 Å². The Morgan fingerprint density at radius 3 is 2.44 bits per heavy atom. The molecule has 4 nitrogen and oxygen atoms in total. The zero-order chi connectivity index (χ0) is 12.7. The average molecular weight is 304 g/mol. The zero-order valence-electron chi connectivity index (χ0n) is 9.35. The summed E-state index contributed by atoms with van der Waals surface area (Å²) in [7, 11) is 0. The molecule has 90 valence electrons. The quantitative estimate of drug-likeness (QED) is 0.675. The number of rotatable bonds is 1. The van der Waals surface area contributed by atoms with Crippen LogP contribution in [0.15, 0.2) is 45.3 Å². The summed E-state index contributed by atoms with van der Waals surface area (Å²) in [5, 5.41) is 0. The molecule has 0 spiro atoms. The lowest BCUT2D eigenvalue weighted by Gasteiger charge is -2.00. The highest BCUT2D eigenvalue weighted by Gasteiger charge is 2.09. The van der Waals surface area contributed by atoms with Gasteiger partial charge in [0.15, 0.2) is 5.58 Å². The highest BCUT2D eigenvalue weighted by molar-refractivity contribution is 9.10. The minimum Gasteiger partial charge on any atom is -0.436 e. The Hall–Kier alpha value is -2.01. The number of nitrogens with zero attached hydrogens (tertiary/aromatic N) is 1. The molecule has 0 unspecified atom stereocenters. The van der Waals surface area contributed by atoms with Crippen molar-refractivity contribution in [2.75, 3.05) is 11.5 Å². The fourth-order valence-electron chi connectivity index (χ4n) is 1.82. The highest BCUT2D eigenvalue weighted by atomic mass is 79.9. The molecule has 0 aliphatic heterocycles. The van der Waals surface area contributed by atoms with E-state index in [9.17, 15) is 0 Å². The molecule has 5 heteroatoms. The number of benzene rings is 2. The van der Waals surface area contributed by atoms with Crippen LogP contribution in [-0.4, -0.2) is 4.98 Å². The number of nitrogen functional groups attached to an aromatic ring is 2. The van der Waals surface area contributed by atoms with E-state index in [1.165, 1.54) is 0 Å². The number of fused-ring (bicyclic) bond motifs is 1. The Bertz CT molecular complexity index is 716. The molecule has 0 fully saturated rings. The number of halogens is 1. The zero-order valence-corrected chi connectivity index (χ0v) is 10.9. The van der Waals surface area contributed by atoms with Crippen molar-refractivity contribution in [3.05, 3.63) is 40.9 Å². The molecule has 18 heavy (non-hydrogen) atoms. The van der Waals surface area contributed by atoms with Gasteiger partial charge in [-0.25, -0.2) is 4.98 Å². The van der Waals surface area contributed by atoms with Gasteiger partial charge in [0.2, 0.25) is 5.89 Å². The van der Waals surface area contributed by atoms with Crippen molar-refractivity contribution < 1.29 is 4.42 Å². The van der Waals surface area contributed by atoms with Crippen LogP contribution < -0.4 is 11.5 Å². The van der Waals surface area contributed by atoms with Crippen molar-refractivity contribution in [3.63, 3.8) is 0 Å². The molecular weight excluding hydrogens is 294 g/mol. The van der Waals surface area contributed by atoms with E-state index in [0.717, 1.165) is 21.1 Å². The van der Waals surface area contributed by atoms with Crippen LogP contribution >= 0.6 is 15.9 Å². The summed E-state index contributed by atoms with van der Waals surface area (Å²) in [4.78, 5) is 4.42. The molecule has 0 amide bonds. The van der Waals surface area contributed by atoms with E-state index in [1.807, 2.05) is 18.2 Å². The fourth-order valence-corrected chi connectivity index (χ4v) is 2.17. The maximum absolute atomic E-state index is 5.76. The number of anilines is 2. The van der Waals surface area contributed by atoms with E-state index in [-0.39, 0.29) is 0 Å². The Kier molecular flexibility index (Phi) is 2.48. The van der Waals surface area contributed by atoms with Crippen LogP contribution in [0.2, 0.25) is 0 Å². The molecule has 4 N–H and O–H groups in total. The minimum atomic E-state index is 0.516. The third-order valence-corrected chi connectivity index (χ3v) is 3.07. The first-order valence-electron chi connectivity index (χ1n) is 5.34. The van der Waals surface area contributed by atoms with Crippen LogP contribution in [0.25, 0.3) is 22.6 Å². The Morgan fingerprint density at radius 2 is 1.72 bits per heavy atom. The van der Waals surface area contributed by atoms with Gasteiger partial charge in [-0.3, -0.25) is 0 Å². The number of nitrogens with two attached hydrogens (primary N) is 2. The van der Waals surface area contributed by atoms with E-state index in [2.05, 4.69) is 20.9 Å². The summed E-state index contributed by atoms with van der Waals surface area (Å²) in [6, 6.07) is 10.9. The molecule has 3 aromatic rings. The first-order valence-corrected chi connectivity index (χ1v) is 6.13. The van der Waals surface area contributed by atoms with Crippen LogP contribution in [0.1, 0.15) is 0 Å². The lowest BCUT2D eigenvalue weighted by Crippen LogP contribution is -1.91. The van der Waals surface area contributed by atoms with Crippen LogP contribution in [0, 0.1) is 0 Å². The number of hydrogen-bond donors (Lipinski definition) is 2. The normalized spacial score (nSPS) is 10.9. The SMILES string of the molecule is Nc1cc(N)cc(-c2nc3cc(Br)ccc3o2)c1. The van der Waals surface area contributed by atoms with Crippen molar-refractivity contribution >= 4 is 38.4 Å². The first kappa shape index (κ1) is 11.1. The molecule has 3 rings (SSSR count). The van der Waals surface area contributed by atoms with Crippen molar-refractivity contribution in [2.24, 2.45) is 0 Å². The van der Waals surface area contributed by atoms with E-state index in [1.54, 1.807) is 18.2 Å². The summed E-state index contributed by atoms with van der Waals surface area (Å²) in [5.41, 5.74) is 15.0. The van der Waals surface area contributed by atoms with Crippen LogP contribution in [0.4, 0.5) is 11.4 Å². The van der Waals surface area contributed by atoms with Crippen molar-refractivity contribution in [1.29, 1.82) is 0 Å². The smallest absolute Gasteiger partial charge is 0.227 e. The largest absolute Gasteiger partial charge is 0.436 e. The molecule has 0 atom stereocenters. The van der Waals surface area contributed by atoms with Gasteiger partial charge in [0.25, 0.3) is 0 Å². The summed E-state index contributed by atoms with van der Waals surface area (Å²) in [6.07, 6.45) is 0. The van der Waals surface area contributed by atoms with Gasteiger partial charge in [0, 0.05) is 21.4 Å². The van der Waals surface area contributed by atoms with Gasteiger partial charge in [-0.1, -0.05) is 15.9 Å². The monoisotopic (exact) mass is 303 g/mol. The molecule has 0 saturated heterocycles. The van der Waals surface area contributed by atoms with Crippen molar-refractivity contribution in [2.45, 2.75) is 0 Å². The standard InChI is InChI=1S/C13H10BrN3O/c14-8-1-2-12-11(5-8)17-13(18-12)7-3-9(15)6-10(16)4-7/h1-6H,15-16H2. The maximum atomic E-state index is 5.76. The predicted molar refractivity (Wildman–Crippen MR) is 76.0 cm³/mol. The Morgan fingerprint density at radius 1 is 1.00 bits per heavy atom. The van der Waals surface area contributed by atoms with Gasteiger partial charge in [-0.2, -0.15) is 0 Å². The average Bonchev–Trinajstić information content (AvgIpc) is 2.70. The molecular formula is C13H10BrN3O. The lowest BCUT2D eigenvalue weighted by atomic mass is 10.2. The molecule has 1 aromatic heterocycles. The van der Waals surface area contributed by atoms with Gasteiger partial charge in [-0.15, -0.1) is 0 Å². The predicted octanol–water partition coefficient (Wildman–Crippen LogP) is 3.42. The molecule has 0 aliphatic rings. The third-order valence-electron chi connectivity index (χ3n) is 2.57. The molecule has 0 aliphatic carbocycles. The van der Waals surface area contributed by atoms with Gasteiger partial charge < -0.3 is 15.9 Å². The van der Waals surface area contributed by atoms with E-state index in [0.29, 0.717) is 17.3 Å². The fraction of sp³-hybridized carbons (Fsp3) is 0. The lowest BCUT2D eigenvalue weighted by molar-refractivity contribution is 0.620. The molecule has 0 saturated carbocycles. The van der Waals surface area contributed by atoms with Crippen LogP contribution in [0.3, 0.4) is 0 Å². The number of aromatic nitrogens is 1. The Balaban J connectivity index is 2.19. The van der Waals surface area contributed by atoms with Gasteiger partial charge in [0.1, 0.15) is 5.52 Å². The molecule has 0 radical (unpaired) electrons. The summed E-state index contributed by atoms with van der Waals surface area (Å²) >= 11 is 3.40. The van der Waals surface area contributed by atoms with Crippen LogP contribution in [-0.2, 0) is 0 Å². The first-order chi connectivity index (χ1) is 8.61. The van der Waals surface area contributed by atoms with Crippen molar-refractivity contribution in [3.8, 4) is 11.5 Å². The van der Waals surface area contributed by atoms with E-state index < -0.39 is 0 Å².